The summed E-state index contributed by atoms with van der Waals surface area (Å²) in [5.41, 5.74) is 0. The van der Waals surface area contributed by atoms with Crippen LogP contribution >= 0.6 is 0 Å². The van der Waals surface area contributed by atoms with Crippen molar-refractivity contribution < 1.29 is 24.5 Å². The molecule has 0 saturated heterocycles. The van der Waals surface area contributed by atoms with E-state index in [1.165, 1.54) is 321 Å². The number of carbonyl (C=O) groups excluding carboxylic acids is 2. The van der Waals surface area contributed by atoms with Crippen LogP contribution in [0.2, 0.25) is 0 Å². The summed E-state index contributed by atoms with van der Waals surface area (Å²) in [4.78, 5) is 24.5. The van der Waals surface area contributed by atoms with E-state index in [1.54, 1.807) is 6.08 Å². The van der Waals surface area contributed by atoms with E-state index in [4.69, 9.17) is 4.74 Å². The molecule has 0 saturated carbocycles. The van der Waals surface area contributed by atoms with Gasteiger partial charge in [-0.2, -0.15) is 0 Å². The fourth-order valence-electron chi connectivity index (χ4n) is 11.4. The summed E-state index contributed by atoms with van der Waals surface area (Å²) in [5.74, 6) is -0.0506. The molecule has 0 radical (unpaired) electrons. The van der Waals surface area contributed by atoms with E-state index < -0.39 is 12.1 Å². The second-order valence-corrected chi connectivity index (χ2v) is 25.3. The van der Waals surface area contributed by atoms with Gasteiger partial charge in [0.1, 0.15) is 0 Å². The van der Waals surface area contributed by atoms with E-state index in [1.807, 2.05) is 6.08 Å². The maximum absolute atomic E-state index is 12.4. The van der Waals surface area contributed by atoms with Crippen LogP contribution in [0, 0.1) is 0 Å². The van der Waals surface area contributed by atoms with Crippen molar-refractivity contribution in [1.82, 2.24) is 5.32 Å². The molecule has 0 spiro atoms. The van der Waals surface area contributed by atoms with Crippen LogP contribution in [0.25, 0.3) is 0 Å². The summed E-state index contributed by atoms with van der Waals surface area (Å²) in [6, 6.07) is -0.622. The number of esters is 1. The van der Waals surface area contributed by atoms with Crippen LogP contribution < -0.4 is 5.32 Å². The predicted molar refractivity (Wildman–Crippen MR) is 361 cm³/mol. The Morgan fingerprint density at radius 1 is 0.341 bits per heavy atom. The van der Waals surface area contributed by atoms with Crippen molar-refractivity contribution in [1.29, 1.82) is 0 Å². The molecule has 1 amide bonds. The van der Waals surface area contributed by atoms with Gasteiger partial charge in [0.15, 0.2) is 0 Å². The van der Waals surface area contributed by atoms with Crippen LogP contribution in [0.4, 0.5) is 0 Å². The molecule has 0 rings (SSSR count). The number of aliphatic hydroxyl groups excluding tert-OH is 2. The van der Waals surface area contributed by atoms with Gasteiger partial charge in [0, 0.05) is 12.8 Å². The molecule has 2 atom stereocenters. The summed E-state index contributed by atoms with van der Waals surface area (Å²) in [6.45, 7) is 4.87. The van der Waals surface area contributed by atoms with Gasteiger partial charge in [0.05, 0.1) is 25.4 Å². The molecule has 3 N–H and O–H groups in total. The van der Waals surface area contributed by atoms with Gasteiger partial charge in [-0.25, -0.2) is 0 Å². The Bertz CT molecular complexity index is 1370. The van der Waals surface area contributed by atoms with Gasteiger partial charge in [-0.1, -0.05) is 345 Å². The van der Waals surface area contributed by atoms with E-state index in [2.05, 4.69) is 55.6 Å². The molecule has 2 unspecified atom stereocenters. The zero-order valence-electron chi connectivity index (χ0n) is 55.2. The van der Waals surface area contributed by atoms with Crippen molar-refractivity contribution in [3.63, 3.8) is 0 Å². The summed E-state index contributed by atoms with van der Waals surface area (Å²) >= 11 is 0. The topological polar surface area (TPSA) is 95.9 Å². The molecule has 6 nitrogen and oxygen atoms in total. The fraction of sp³-hybridized carbons (Fsp3) is 0.868. The summed E-state index contributed by atoms with van der Waals surface area (Å²) < 4.78 is 5.50. The lowest BCUT2D eigenvalue weighted by molar-refractivity contribution is -0.143. The highest BCUT2D eigenvalue weighted by molar-refractivity contribution is 5.76. The van der Waals surface area contributed by atoms with Gasteiger partial charge in [-0.05, 0) is 89.9 Å². The Morgan fingerprint density at radius 3 is 0.963 bits per heavy atom. The first kappa shape index (κ1) is 79.8. The second-order valence-electron chi connectivity index (χ2n) is 25.3. The van der Waals surface area contributed by atoms with Crippen molar-refractivity contribution in [2.45, 2.75) is 411 Å². The molecule has 0 aromatic heterocycles. The van der Waals surface area contributed by atoms with E-state index in [-0.39, 0.29) is 18.5 Å². The van der Waals surface area contributed by atoms with E-state index in [9.17, 15) is 19.8 Å². The van der Waals surface area contributed by atoms with Gasteiger partial charge in [-0.3, -0.25) is 9.59 Å². The molecule has 82 heavy (non-hydrogen) atoms. The van der Waals surface area contributed by atoms with Crippen LogP contribution in [0.15, 0.2) is 48.6 Å². The number of aliphatic hydroxyl groups is 2. The SMILES string of the molecule is CCCCC/C=C\C/C=C\CCCCCCCCCC(=O)OCCCCCCCCCCCCCCCCCCCC/C=C\CCCCCCCCCCCCCCCCCCCC(=O)NC(CO)C(O)/C=C/CCCCCCCCC. The Balaban J connectivity index is 3.30. The molecular weight excluding hydrogens is 1010 g/mol. The molecule has 0 bridgehead atoms. The van der Waals surface area contributed by atoms with Crippen LogP contribution in [0.5, 0.6) is 0 Å². The molecule has 0 aliphatic carbocycles. The van der Waals surface area contributed by atoms with Crippen molar-refractivity contribution in [3.05, 3.63) is 48.6 Å². The van der Waals surface area contributed by atoms with Crippen LogP contribution in [-0.2, 0) is 14.3 Å². The number of carbonyl (C=O) groups is 2. The minimum atomic E-state index is -0.839. The smallest absolute Gasteiger partial charge is 0.305 e. The predicted octanol–water partition coefficient (Wildman–Crippen LogP) is 24.0. The maximum Gasteiger partial charge on any atom is 0.305 e. The van der Waals surface area contributed by atoms with Crippen LogP contribution in [-0.4, -0.2) is 47.4 Å². The van der Waals surface area contributed by atoms with Crippen molar-refractivity contribution in [2.75, 3.05) is 13.2 Å². The van der Waals surface area contributed by atoms with Gasteiger partial charge in [0.2, 0.25) is 5.91 Å². The first-order chi connectivity index (χ1) is 40.5. The Morgan fingerprint density at radius 2 is 0.610 bits per heavy atom. The molecule has 0 aliphatic heterocycles. The summed E-state index contributed by atoms with van der Waals surface area (Å²) in [7, 11) is 0. The largest absolute Gasteiger partial charge is 0.466 e. The van der Waals surface area contributed by atoms with E-state index in [0.29, 0.717) is 19.4 Å². The quantitative estimate of drug-likeness (QED) is 0.0320. The Kier molecular flexibility index (Phi) is 69.4. The number of allylic oxidation sites excluding steroid dienone is 7. The molecular formula is C76H143NO5. The maximum atomic E-state index is 12.4. The third-order valence-corrected chi connectivity index (χ3v) is 17.1. The number of amides is 1. The third kappa shape index (κ3) is 67.0. The molecule has 482 valence electrons. The zero-order chi connectivity index (χ0) is 59.2. The first-order valence-electron chi connectivity index (χ1n) is 36.9. The number of ether oxygens (including phenoxy) is 1. The number of unbranched alkanes of at least 4 members (excludes halogenated alkanes) is 52. The third-order valence-electron chi connectivity index (χ3n) is 17.1. The molecule has 0 heterocycles. The number of hydrogen-bond donors (Lipinski definition) is 3. The minimum Gasteiger partial charge on any atom is -0.466 e. The van der Waals surface area contributed by atoms with Crippen LogP contribution in [0.1, 0.15) is 399 Å². The summed E-state index contributed by atoms with van der Waals surface area (Å²) in [5, 5.41) is 23.0. The van der Waals surface area contributed by atoms with Crippen molar-refractivity contribution >= 4 is 11.9 Å². The molecule has 0 aromatic carbocycles. The molecule has 0 aliphatic rings. The van der Waals surface area contributed by atoms with Gasteiger partial charge in [0.25, 0.3) is 0 Å². The monoisotopic (exact) mass is 1150 g/mol. The number of rotatable bonds is 69. The molecule has 0 aromatic rings. The normalized spacial score (nSPS) is 12.8. The highest BCUT2D eigenvalue weighted by Crippen LogP contribution is 2.19. The lowest BCUT2D eigenvalue weighted by atomic mass is 10.0. The lowest BCUT2D eigenvalue weighted by Crippen LogP contribution is -2.45. The van der Waals surface area contributed by atoms with Gasteiger partial charge >= 0.3 is 5.97 Å². The number of nitrogens with one attached hydrogen (secondary N) is 1. The summed E-state index contributed by atoms with van der Waals surface area (Å²) in [6.07, 6.45) is 93.8. The highest BCUT2D eigenvalue weighted by atomic mass is 16.5. The first-order valence-corrected chi connectivity index (χ1v) is 36.9. The van der Waals surface area contributed by atoms with E-state index in [0.717, 1.165) is 51.4 Å². The second kappa shape index (κ2) is 71.3. The number of hydrogen-bond acceptors (Lipinski definition) is 5. The van der Waals surface area contributed by atoms with Crippen LogP contribution in [0.3, 0.4) is 0 Å². The zero-order valence-corrected chi connectivity index (χ0v) is 55.2. The van der Waals surface area contributed by atoms with Gasteiger partial charge in [-0.15, -0.1) is 0 Å². The van der Waals surface area contributed by atoms with Crippen molar-refractivity contribution in [3.8, 4) is 0 Å². The van der Waals surface area contributed by atoms with Gasteiger partial charge < -0.3 is 20.3 Å². The molecule has 0 fully saturated rings. The minimum absolute atomic E-state index is 0.0146. The standard InChI is InChI=1S/C76H143NO5/c1-3-5-7-9-11-13-14-15-16-40-44-47-50-54-58-62-66-70-76(81)82-71-67-63-59-55-51-48-45-42-39-37-35-33-31-29-27-25-23-21-19-17-18-20-22-24-26-28-30-32-34-36-38-41-43-46-49-53-57-61-65-69-75(80)77-73(72-78)74(79)68-64-60-56-52-12-10-8-6-4-2/h11,13,15-18,64,68,73-74,78-79H,3-10,12,14,19-63,65-67,69-72H2,1-2H3,(H,77,80)/b13-11-,16-15-,18-17-,68-64+. The average Bonchev–Trinajstić information content (AvgIpc) is 3.48. The molecule has 6 heteroatoms. The van der Waals surface area contributed by atoms with Crippen molar-refractivity contribution in [2.24, 2.45) is 0 Å². The lowest BCUT2D eigenvalue weighted by Gasteiger charge is -2.20. The Hall–Kier alpha value is -2.18. The fourth-order valence-corrected chi connectivity index (χ4v) is 11.4. The van der Waals surface area contributed by atoms with E-state index >= 15 is 0 Å². The Labute approximate surface area is 512 Å². The highest BCUT2D eigenvalue weighted by Gasteiger charge is 2.18. The average molecular weight is 1150 g/mol.